The lowest BCUT2D eigenvalue weighted by Gasteiger charge is -2.26. The Balaban J connectivity index is 0.000000681. The van der Waals surface area contributed by atoms with Crippen LogP contribution in [0.5, 0.6) is 11.5 Å². The third kappa shape index (κ3) is 29.4. The molecule has 378 valence electrons. The fraction of sp³-hybridized carbons (Fsp3) is 0.481. The predicted molar refractivity (Wildman–Crippen MR) is 262 cm³/mol. The lowest BCUT2D eigenvalue weighted by atomic mass is 9.78. The highest BCUT2D eigenvalue weighted by Crippen LogP contribution is 2.33. The second kappa shape index (κ2) is 34.1. The molecule has 0 bridgehead atoms. The zero-order chi connectivity index (χ0) is 50.9. The molecule has 2 N–H and O–H groups in total. The maximum atomic E-state index is 12.2. The molecular weight excluding hydrogens is 877 g/mol. The molecule has 68 heavy (non-hydrogen) atoms. The second-order valence-corrected chi connectivity index (χ2v) is 16.4. The molecule has 0 aliphatic heterocycles. The van der Waals surface area contributed by atoms with Gasteiger partial charge in [-0.3, -0.25) is 0 Å². The molecule has 0 aliphatic carbocycles. The molecule has 0 aliphatic rings. The number of carbonyl (C=O) groups excluding carboxylic acids is 3. The molecule has 16 heteroatoms. The van der Waals surface area contributed by atoms with Gasteiger partial charge in [0, 0.05) is 11.0 Å². The normalized spacial score (nSPS) is 10.7. The van der Waals surface area contributed by atoms with E-state index in [-0.39, 0.29) is 65.0 Å². The highest BCUT2D eigenvalue weighted by Gasteiger charge is 2.23. The lowest BCUT2D eigenvalue weighted by Crippen LogP contribution is -2.41. The highest BCUT2D eigenvalue weighted by molar-refractivity contribution is 5.86. The molecule has 2 amide bonds. The van der Waals surface area contributed by atoms with E-state index in [1.807, 2.05) is 50.2 Å². The number of hydrogen-bond donors (Lipinski definition) is 2. The van der Waals surface area contributed by atoms with Crippen molar-refractivity contribution in [1.82, 2.24) is 10.6 Å². The zero-order valence-electron chi connectivity index (χ0n) is 41.6. The minimum atomic E-state index is -0.773. The summed E-state index contributed by atoms with van der Waals surface area (Å²) < 4.78 is 58.5. The largest absolute Gasteiger partial charge is 0.491 e. The number of ether oxygens (including phenoxy) is 11. The smallest absolute Gasteiger partial charge is 0.408 e. The van der Waals surface area contributed by atoms with Gasteiger partial charge in [0.1, 0.15) is 37.4 Å². The summed E-state index contributed by atoms with van der Waals surface area (Å²) >= 11 is 0. The number of alkyl carbamates (subject to hydrolysis) is 2. The van der Waals surface area contributed by atoms with Crippen molar-refractivity contribution in [3.05, 3.63) is 133 Å². The molecule has 0 saturated carbocycles. The molecule has 0 aromatic heterocycles. The molecule has 0 spiro atoms. The first-order valence-electron chi connectivity index (χ1n) is 22.2. The van der Waals surface area contributed by atoms with Crippen LogP contribution in [0, 0.1) is 0 Å². The van der Waals surface area contributed by atoms with E-state index < -0.39 is 24.3 Å². The molecular formula is C52H76N2O14. The van der Waals surface area contributed by atoms with Gasteiger partial charge < -0.3 is 62.7 Å². The number of benzene rings is 2. The van der Waals surface area contributed by atoms with E-state index in [9.17, 15) is 14.4 Å². The van der Waals surface area contributed by atoms with Crippen LogP contribution >= 0.6 is 0 Å². The first-order chi connectivity index (χ1) is 32.2. The first-order valence-corrected chi connectivity index (χ1v) is 22.2. The molecule has 0 heterocycles. The Morgan fingerprint density at radius 1 is 0.529 bits per heavy atom. The Hall–Kier alpha value is -6.23. The first kappa shape index (κ1) is 59.8. The van der Waals surface area contributed by atoms with E-state index in [0.29, 0.717) is 48.9 Å². The lowest BCUT2D eigenvalue weighted by molar-refractivity contribution is -0.139. The molecule has 0 unspecified atom stereocenters. The minimum absolute atomic E-state index is 0.0103. The monoisotopic (exact) mass is 953 g/mol. The van der Waals surface area contributed by atoms with Crippen LogP contribution < -0.4 is 20.1 Å². The average Bonchev–Trinajstić information content (AvgIpc) is 3.27. The predicted octanol–water partition coefficient (Wildman–Crippen LogP) is 10.3. The number of carbonyl (C=O) groups is 3. The van der Waals surface area contributed by atoms with Crippen molar-refractivity contribution in [1.29, 1.82) is 0 Å². The van der Waals surface area contributed by atoms with E-state index in [2.05, 4.69) is 76.1 Å². The number of allylic oxidation sites excluding steroid dienone is 5. The summed E-state index contributed by atoms with van der Waals surface area (Å²) in [6, 6.07) is 16.0. The molecule has 0 saturated heterocycles. The van der Waals surface area contributed by atoms with Crippen LogP contribution in [-0.2, 0) is 52.8 Å². The maximum absolute atomic E-state index is 12.2. The molecule has 2 aromatic rings. The van der Waals surface area contributed by atoms with E-state index in [1.54, 1.807) is 27.7 Å². The molecule has 2 rings (SSSR count). The van der Waals surface area contributed by atoms with Crippen molar-refractivity contribution in [3.8, 4) is 11.5 Å². The maximum Gasteiger partial charge on any atom is 0.408 e. The van der Waals surface area contributed by atoms with Crippen molar-refractivity contribution < 1.29 is 66.5 Å². The van der Waals surface area contributed by atoms with Gasteiger partial charge in [-0.05, 0) is 103 Å². The van der Waals surface area contributed by atoms with Crippen LogP contribution in [0.2, 0.25) is 0 Å². The van der Waals surface area contributed by atoms with Gasteiger partial charge in [-0.2, -0.15) is 0 Å². The van der Waals surface area contributed by atoms with Crippen LogP contribution in [-0.4, -0.2) is 97.1 Å². The second-order valence-electron chi connectivity index (χ2n) is 16.4. The van der Waals surface area contributed by atoms with Crippen LogP contribution in [0.15, 0.2) is 122 Å². The molecule has 2 aromatic carbocycles. The van der Waals surface area contributed by atoms with Gasteiger partial charge in [0.25, 0.3) is 0 Å². The minimum Gasteiger partial charge on any atom is -0.491 e. The Labute approximate surface area is 404 Å². The highest BCUT2D eigenvalue weighted by atomic mass is 16.7. The van der Waals surface area contributed by atoms with Crippen molar-refractivity contribution in [2.75, 3.05) is 66.7 Å². The summed E-state index contributed by atoms with van der Waals surface area (Å²) in [5.41, 5.74) is 4.53. The van der Waals surface area contributed by atoms with E-state index >= 15 is 0 Å². The summed E-state index contributed by atoms with van der Waals surface area (Å²) in [6.07, 6.45) is 0.378. The van der Waals surface area contributed by atoms with E-state index in [0.717, 1.165) is 41.1 Å². The quantitative estimate of drug-likeness (QED) is 0.0129. The van der Waals surface area contributed by atoms with Crippen molar-refractivity contribution in [3.63, 3.8) is 0 Å². The standard InChI is InChI=1S/C27H34O6.C25H42N2O8/c1-20(2)26(28)32-18-17-31-25-13-9-23(10-14-25)27(5,6)22-7-11-24(12-8-22)30-16-15-29-19-33-21(3)4;1-18(2)9-11-22(12-10-19(3)4)34-24(28)26-15-27-25(29)35-23(13-30-16-32-20(5)6)14-31-17-33-21(7)8/h7-14H,1,3,15-19H2,2,4-6H3;22-23H,1,3,5,7,9-17H2,2,4,6,8H3,(H,26,28)(H,27,29). The van der Waals surface area contributed by atoms with Gasteiger partial charge in [-0.25, -0.2) is 14.4 Å². The summed E-state index contributed by atoms with van der Waals surface area (Å²) in [5.74, 6) is 2.71. The fourth-order valence-electron chi connectivity index (χ4n) is 5.35. The Morgan fingerprint density at radius 2 is 0.926 bits per heavy atom. The van der Waals surface area contributed by atoms with Crippen molar-refractivity contribution in [2.45, 2.75) is 98.7 Å². The Kier molecular flexibility index (Phi) is 30.0. The number of rotatable bonds is 34. The number of nitrogens with one attached hydrogen (secondary N) is 2. The van der Waals surface area contributed by atoms with Crippen molar-refractivity contribution >= 4 is 18.2 Å². The summed E-state index contributed by atoms with van der Waals surface area (Å²) in [4.78, 5) is 35.7. The third-order valence-electron chi connectivity index (χ3n) is 9.15. The SMILES string of the molecule is C=C(C)CCC(CCC(=C)C)OC(=O)NCNC(=O)OC(COCOC(=C)C)COCOC(=C)C.C=C(C)OCOCCOc1ccc(C(C)(C)c2ccc(OCCOC(=O)C(=C)C)cc2)cc1. The molecule has 16 nitrogen and oxygen atoms in total. The van der Waals surface area contributed by atoms with Crippen LogP contribution in [0.3, 0.4) is 0 Å². The third-order valence-corrected chi connectivity index (χ3v) is 9.15. The fourth-order valence-corrected chi connectivity index (χ4v) is 5.35. The zero-order valence-corrected chi connectivity index (χ0v) is 41.6. The summed E-state index contributed by atoms with van der Waals surface area (Å²) in [5, 5.41) is 4.91. The molecule has 0 atom stereocenters. The van der Waals surface area contributed by atoms with Crippen LogP contribution in [0.25, 0.3) is 0 Å². The van der Waals surface area contributed by atoms with Gasteiger partial charge in [0.15, 0.2) is 26.5 Å². The number of amides is 2. The van der Waals surface area contributed by atoms with Crippen LogP contribution in [0.4, 0.5) is 9.59 Å². The number of esters is 1. The summed E-state index contributed by atoms with van der Waals surface area (Å²) in [7, 11) is 0. The average molecular weight is 953 g/mol. The van der Waals surface area contributed by atoms with Gasteiger partial charge in [0.05, 0.1) is 43.8 Å². The Morgan fingerprint density at radius 3 is 1.32 bits per heavy atom. The van der Waals surface area contributed by atoms with Gasteiger partial charge in [-0.1, -0.05) is 75.6 Å². The van der Waals surface area contributed by atoms with E-state index in [4.69, 9.17) is 52.1 Å². The van der Waals surface area contributed by atoms with E-state index in [1.165, 1.54) is 5.56 Å². The molecule has 0 fully saturated rings. The number of hydrogen-bond acceptors (Lipinski definition) is 14. The Bertz CT molecular complexity index is 1850. The van der Waals surface area contributed by atoms with Crippen LogP contribution in [0.1, 0.15) is 92.2 Å². The van der Waals surface area contributed by atoms with Crippen molar-refractivity contribution in [2.24, 2.45) is 0 Å². The topological polar surface area (TPSA) is 177 Å². The van der Waals surface area contributed by atoms with Gasteiger partial charge in [0.2, 0.25) is 0 Å². The molecule has 0 radical (unpaired) electrons. The van der Waals surface area contributed by atoms with Gasteiger partial charge >= 0.3 is 18.2 Å². The summed E-state index contributed by atoms with van der Waals surface area (Å²) in [6.45, 7) is 38.4. The van der Waals surface area contributed by atoms with Gasteiger partial charge in [-0.15, -0.1) is 13.2 Å².